The zero-order valence-electron chi connectivity index (χ0n) is 11.1. The normalized spacial score (nSPS) is 11.8. The number of carbonyl (C=O) groups excluding carboxylic acids is 2. The zero-order valence-corrected chi connectivity index (χ0v) is 11.9. The second kappa shape index (κ2) is 6.85. The molecule has 1 atom stereocenters. The van der Waals surface area contributed by atoms with E-state index in [4.69, 9.17) is 0 Å². The highest BCUT2D eigenvalue weighted by molar-refractivity contribution is 7.10. The van der Waals surface area contributed by atoms with Crippen LogP contribution in [-0.2, 0) is 16.1 Å². The Balaban J connectivity index is 1.90. The van der Waals surface area contributed by atoms with Crippen LogP contribution in [0.5, 0.6) is 0 Å². The van der Waals surface area contributed by atoms with E-state index in [9.17, 15) is 9.59 Å². The SMILES string of the molecule is CC(=O)N[C@@H](CC(=O)NCc1ccn[nH]1)c1cccs1. The van der Waals surface area contributed by atoms with Gasteiger partial charge in [0.1, 0.15) is 0 Å². The van der Waals surface area contributed by atoms with Gasteiger partial charge in [-0.2, -0.15) is 5.10 Å². The Kier molecular flexibility index (Phi) is 4.89. The summed E-state index contributed by atoms with van der Waals surface area (Å²) in [7, 11) is 0. The number of nitrogens with one attached hydrogen (secondary N) is 3. The zero-order chi connectivity index (χ0) is 14.4. The number of carbonyl (C=O) groups is 2. The average molecular weight is 292 g/mol. The lowest BCUT2D eigenvalue weighted by atomic mass is 10.1. The van der Waals surface area contributed by atoms with Crippen LogP contribution in [0.25, 0.3) is 0 Å². The van der Waals surface area contributed by atoms with E-state index in [2.05, 4.69) is 20.8 Å². The van der Waals surface area contributed by atoms with E-state index in [0.717, 1.165) is 10.6 Å². The van der Waals surface area contributed by atoms with Crippen molar-refractivity contribution in [1.82, 2.24) is 20.8 Å². The molecule has 2 aromatic rings. The number of aromatic nitrogens is 2. The van der Waals surface area contributed by atoms with Crippen molar-refractivity contribution in [3.05, 3.63) is 40.3 Å². The van der Waals surface area contributed by atoms with Crippen molar-refractivity contribution < 1.29 is 9.59 Å². The van der Waals surface area contributed by atoms with E-state index in [1.54, 1.807) is 12.3 Å². The van der Waals surface area contributed by atoms with Crippen molar-refractivity contribution in [2.24, 2.45) is 0 Å². The summed E-state index contributed by atoms with van der Waals surface area (Å²) >= 11 is 1.52. The molecule has 2 amide bonds. The van der Waals surface area contributed by atoms with Crippen molar-refractivity contribution in [2.75, 3.05) is 0 Å². The maximum absolute atomic E-state index is 11.9. The molecular weight excluding hydrogens is 276 g/mol. The predicted octanol–water partition coefficient (Wildman–Crippen LogP) is 1.35. The topological polar surface area (TPSA) is 86.9 Å². The molecule has 2 heterocycles. The van der Waals surface area contributed by atoms with Crippen molar-refractivity contribution in [1.29, 1.82) is 0 Å². The highest BCUT2D eigenvalue weighted by atomic mass is 32.1. The lowest BCUT2D eigenvalue weighted by Gasteiger charge is -2.16. The molecule has 7 heteroatoms. The molecule has 3 N–H and O–H groups in total. The molecule has 0 aliphatic rings. The summed E-state index contributed by atoms with van der Waals surface area (Å²) in [6, 6.07) is 5.32. The van der Waals surface area contributed by atoms with Crippen LogP contribution in [0.3, 0.4) is 0 Å². The molecule has 0 aliphatic carbocycles. The Morgan fingerprint density at radius 1 is 1.45 bits per heavy atom. The van der Waals surface area contributed by atoms with E-state index in [1.165, 1.54) is 18.3 Å². The summed E-state index contributed by atoms with van der Waals surface area (Å²) in [6.07, 6.45) is 1.85. The lowest BCUT2D eigenvalue weighted by Crippen LogP contribution is -2.32. The minimum Gasteiger partial charge on any atom is -0.350 e. The molecule has 0 saturated heterocycles. The molecule has 0 spiro atoms. The molecule has 6 nitrogen and oxygen atoms in total. The summed E-state index contributed by atoms with van der Waals surface area (Å²) in [4.78, 5) is 24.1. The average Bonchev–Trinajstić information content (AvgIpc) is 3.08. The van der Waals surface area contributed by atoms with E-state index >= 15 is 0 Å². The fraction of sp³-hybridized carbons (Fsp3) is 0.308. The van der Waals surface area contributed by atoms with Crippen molar-refractivity contribution >= 4 is 23.2 Å². The van der Waals surface area contributed by atoms with Crippen molar-refractivity contribution in [3.8, 4) is 0 Å². The van der Waals surface area contributed by atoms with Gasteiger partial charge >= 0.3 is 0 Å². The summed E-state index contributed by atoms with van der Waals surface area (Å²) in [5, 5.41) is 14.1. The van der Waals surface area contributed by atoms with Gasteiger partial charge in [0.25, 0.3) is 0 Å². The van der Waals surface area contributed by atoms with Gasteiger partial charge in [0.2, 0.25) is 11.8 Å². The van der Waals surface area contributed by atoms with Gasteiger partial charge in [-0.3, -0.25) is 14.7 Å². The van der Waals surface area contributed by atoms with E-state index in [-0.39, 0.29) is 24.3 Å². The maximum atomic E-state index is 11.9. The van der Waals surface area contributed by atoms with E-state index in [1.807, 2.05) is 17.5 Å². The minimum atomic E-state index is -0.283. The van der Waals surface area contributed by atoms with Crippen LogP contribution in [0.2, 0.25) is 0 Å². The number of H-pyrrole nitrogens is 1. The van der Waals surface area contributed by atoms with Crippen molar-refractivity contribution in [3.63, 3.8) is 0 Å². The highest BCUT2D eigenvalue weighted by Gasteiger charge is 2.17. The summed E-state index contributed by atoms with van der Waals surface area (Å²) in [5.74, 6) is -0.267. The molecule has 0 saturated carbocycles. The van der Waals surface area contributed by atoms with Gasteiger partial charge in [-0.05, 0) is 17.5 Å². The summed E-state index contributed by atoms with van der Waals surface area (Å²) in [5.41, 5.74) is 0.838. The number of nitrogens with zero attached hydrogens (tertiary/aromatic N) is 1. The fourth-order valence-corrected chi connectivity index (χ4v) is 2.57. The Morgan fingerprint density at radius 2 is 2.30 bits per heavy atom. The largest absolute Gasteiger partial charge is 0.350 e. The van der Waals surface area contributed by atoms with Gasteiger partial charge in [-0.25, -0.2) is 0 Å². The molecule has 0 aromatic carbocycles. The number of aromatic amines is 1. The second-order valence-corrected chi connectivity index (χ2v) is 5.31. The maximum Gasteiger partial charge on any atom is 0.222 e. The summed E-state index contributed by atoms with van der Waals surface area (Å²) < 4.78 is 0. The van der Waals surface area contributed by atoms with E-state index < -0.39 is 0 Å². The van der Waals surface area contributed by atoms with Crippen LogP contribution in [-0.4, -0.2) is 22.0 Å². The molecule has 20 heavy (non-hydrogen) atoms. The van der Waals surface area contributed by atoms with Gasteiger partial charge in [-0.1, -0.05) is 6.07 Å². The molecular formula is C13H16N4O2S. The van der Waals surface area contributed by atoms with Gasteiger partial charge in [0, 0.05) is 18.0 Å². The van der Waals surface area contributed by atoms with Crippen molar-refractivity contribution in [2.45, 2.75) is 25.9 Å². The highest BCUT2D eigenvalue weighted by Crippen LogP contribution is 2.21. The Hall–Kier alpha value is -2.15. The molecule has 106 valence electrons. The molecule has 0 bridgehead atoms. The number of hydrogen-bond donors (Lipinski definition) is 3. The Bertz CT molecular complexity index is 551. The minimum absolute atomic E-state index is 0.119. The first-order valence-electron chi connectivity index (χ1n) is 6.20. The number of thiophene rings is 1. The van der Waals surface area contributed by atoms with Crippen LogP contribution in [0.4, 0.5) is 0 Å². The smallest absolute Gasteiger partial charge is 0.222 e. The van der Waals surface area contributed by atoms with Crippen LogP contribution in [0, 0.1) is 0 Å². The number of rotatable bonds is 6. The molecule has 0 radical (unpaired) electrons. The first-order chi connectivity index (χ1) is 9.65. The van der Waals surface area contributed by atoms with Gasteiger partial charge in [-0.15, -0.1) is 11.3 Å². The van der Waals surface area contributed by atoms with Crippen LogP contribution < -0.4 is 10.6 Å². The Labute approximate surface area is 120 Å². The van der Waals surface area contributed by atoms with Crippen LogP contribution in [0.15, 0.2) is 29.8 Å². The van der Waals surface area contributed by atoms with Gasteiger partial charge < -0.3 is 10.6 Å². The van der Waals surface area contributed by atoms with E-state index in [0.29, 0.717) is 6.54 Å². The summed E-state index contributed by atoms with van der Waals surface area (Å²) in [6.45, 7) is 1.85. The number of hydrogen-bond acceptors (Lipinski definition) is 4. The molecule has 2 rings (SSSR count). The predicted molar refractivity (Wildman–Crippen MR) is 75.9 cm³/mol. The quantitative estimate of drug-likeness (QED) is 0.751. The molecule has 0 aliphatic heterocycles. The second-order valence-electron chi connectivity index (χ2n) is 4.33. The molecule has 2 aromatic heterocycles. The lowest BCUT2D eigenvalue weighted by molar-refractivity contribution is -0.122. The third kappa shape index (κ3) is 4.20. The first kappa shape index (κ1) is 14.3. The molecule has 0 fully saturated rings. The third-order valence-electron chi connectivity index (χ3n) is 2.69. The van der Waals surface area contributed by atoms with Crippen LogP contribution >= 0.6 is 11.3 Å². The van der Waals surface area contributed by atoms with Gasteiger partial charge in [0.05, 0.1) is 24.7 Å². The standard InChI is InChI=1S/C13H16N4O2S/c1-9(18)16-11(12-3-2-6-20-12)7-13(19)14-8-10-4-5-15-17-10/h2-6,11H,7-8H2,1H3,(H,14,19)(H,15,17)(H,16,18)/t11-/m0/s1. The van der Waals surface area contributed by atoms with Crippen LogP contribution in [0.1, 0.15) is 30.0 Å². The van der Waals surface area contributed by atoms with Gasteiger partial charge in [0.15, 0.2) is 0 Å². The Morgan fingerprint density at radius 3 is 2.90 bits per heavy atom. The first-order valence-corrected chi connectivity index (χ1v) is 7.08. The fourth-order valence-electron chi connectivity index (χ4n) is 1.79. The monoisotopic (exact) mass is 292 g/mol. The number of amides is 2. The third-order valence-corrected chi connectivity index (χ3v) is 3.67. The molecule has 0 unspecified atom stereocenters.